The van der Waals surface area contributed by atoms with Gasteiger partial charge in [-0.15, -0.1) is 0 Å². The second kappa shape index (κ2) is 7.10. The Bertz CT molecular complexity index is 421. The Morgan fingerprint density at radius 3 is 2.61 bits per heavy atom. The Hall–Kier alpha value is -0.610. The first kappa shape index (κ1) is 15.4. The molecule has 0 saturated heterocycles. The lowest BCUT2D eigenvalue weighted by molar-refractivity contribution is 0.0950. The van der Waals surface area contributed by atoms with Crippen molar-refractivity contribution in [1.82, 2.24) is 10.2 Å². The van der Waals surface area contributed by atoms with E-state index in [0.717, 1.165) is 13.1 Å². The maximum atomic E-state index is 12.1. The number of rotatable bonds is 6. The van der Waals surface area contributed by atoms with Crippen LogP contribution >= 0.6 is 23.2 Å². The number of nitrogens with zero attached hydrogens (tertiary/aromatic N) is 1. The lowest BCUT2D eigenvalue weighted by Gasteiger charge is -2.16. The van der Waals surface area contributed by atoms with Crippen molar-refractivity contribution in [3.8, 4) is 0 Å². The molecule has 0 bridgehead atoms. The molecule has 1 N–H and O–H groups in total. The van der Waals surface area contributed by atoms with Crippen molar-refractivity contribution in [3.63, 3.8) is 0 Å². The van der Waals surface area contributed by atoms with Crippen LogP contribution in [0.3, 0.4) is 0 Å². The van der Waals surface area contributed by atoms with Crippen molar-refractivity contribution in [2.24, 2.45) is 0 Å². The highest BCUT2D eigenvalue weighted by Gasteiger charge is 2.17. The van der Waals surface area contributed by atoms with Crippen LogP contribution in [0.5, 0.6) is 0 Å². The molecule has 0 aliphatic carbocycles. The lowest BCUT2D eigenvalue weighted by Crippen LogP contribution is -2.38. The van der Waals surface area contributed by atoms with Gasteiger partial charge in [-0.3, -0.25) is 4.79 Å². The summed E-state index contributed by atoms with van der Waals surface area (Å²) in [7, 11) is 3.98. The first-order valence-corrected chi connectivity index (χ1v) is 6.54. The minimum Gasteiger partial charge on any atom is -0.308 e. The Morgan fingerprint density at radius 1 is 1.39 bits per heavy atom. The van der Waals surface area contributed by atoms with Crippen molar-refractivity contribution in [3.05, 3.63) is 33.8 Å². The third-order valence-electron chi connectivity index (χ3n) is 2.60. The Labute approximate surface area is 118 Å². The molecule has 1 unspecified atom stereocenters. The van der Waals surface area contributed by atoms with Crippen molar-refractivity contribution in [1.29, 1.82) is 0 Å². The number of Topliss-reactive ketones (excluding diaryl/α,β-unsaturated/α-hetero) is 1. The molecule has 0 fully saturated rings. The highest BCUT2D eigenvalue weighted by molar-refractivity contribution is 6.37. The number of halogens is 2. The second-order valence-corrected chi connectivity index (χ2v) is 5.31. The van der Waals surface area contributed by atoms with Crippen LogP contribution in [0.1, 0.15) is 17.3 Å². The predicted molar refractivity (Wildman–Crippen MR) is 76.8 cm³/mol. The van der Waals surface area contributed by atoms with Crippen LogP contribution in [0, 0.1) is 0 Å². The number of ketones is 1. The maximum Gasteiger partial charge on any atom is 0.180 e. The van der Waals surface area contributed by atoms with Crippen LogP contribution in [0.2, 0.25) is 10.0 Å². The van der Waals surface area contributed by atoms with E-state index < -0.39 is 0 Å². The third-order valence-corrected chi connectivity index (χ3v) is 3.15. The highest BCUT2D eigenvalue weighted by Crippen LogP contribution is 2.22. The van der Waals surface area contributed by atoms with Gasteiger partial charge in [-0.25, -0.2) is 0 Å². The minimum atomic E-state index is -0.261. The molecule has 0 aromatic heterocycles. The Morgan fingerprint density at radius 2 is 2.06 bits per heavy atom. The van der Waals surface area contributed by atoms with Gasteiger partial charge in [0.25, 0.3) is 0 Å². The summed E-state index contributed by atoms with van der Waals surface area (Å²) in [5, 5.41) is 4.10. The molecule has 0 heterocycles. The highest BCUT2D eigenvalue weighted by atomic mass is 35.5. The maximum absolute atomic E-state index is 12.1. The van der Waals surface area contributed by atoms with E-state index in [-0.39, 0.29) is 11.8 Å². The van der Waals surface area contributed by atoms with Crippen molar-refractivity contribution >= 4 is 29.0 Å². The van der Waals surface area contributed by atoms with Gasteiger partial charge in [0.2, 0.25) is 0 Å². The SMILES string of the molecule is CC(NCCN(C)C)C(=O)c1ccc(Cl)cc1Cl. The zero-order chi connectivity index (χ0) is 13.7. The monoisotopic (exact) mass is 288 g/mol. The van der Waals surface area contributed by atoms with E-state index >= 15 is 0 Å². The first-order chi connectivity index (χ1) is 8.41. The molecule has 1 aromatic carbocycles. The summed E-state index contributed by atoms with van der Waals surface area (Å²) in [6, 6.07) is 4.66. The molecule has 1 aromatic rings. The first-order valence-electron chi connectivity index (χ1n) is 5.79. The van der Waals surface area contributed by atoms with Gasteiger partial charge in [-0.1, -0.05) is 23.2 Å². The number of carbonyl (C=O) groups excluding carboxylic acids is 1. The molecule has 0 aliphatic heterocycles. The molecule has 1 atom stereocenters. The molecular formula is C13H18Cl2N2O. The summed E-state index contributed by atoms with van der Waals surface area (Å²) < 4.78 is 0. The molecule has 5 heteroatoms. The van der Waals surface area contributed by atoms with Gasteiger partial charge in [0.05, 0.1) is 11.1 Å². The normalized spacial score (nSPS) is 12.8. The number of likely N-dealkylation sites (N-methyl/N-ethyl adjacent to an activating group) is 1. The van der Waals surface area contributed by atoms with Crippen LogP contribution < -0.4 is 5.32 Å². The molecule has 18 heavy (non-hydrogen) atoms. The minimum absolute atomic E-state index is 0.0181. The Kier molecular flexibility index (Phi) is 6.09. The zero-order valence-corrected chi connectivity index (χ0v) is 12.3. The van der Waals surface area contributed by atoms with E-state index in [1.807, 2.05) is 21.0 Å². The van der Waals surface area contributed by atoms with Gasteiger partial charge in [-0.2, -0.15) is 0 Å². The fourth-order valence-electron chi connectivity index (χ4n) is 1.52. The van der Waals surface area contributed by atoms with E-state index in [9.17, 15) is 4.79 Å². The standard InChI is InChI=1S/C13H18Cl2N2O/c1-9(16-6-7-17(2)3)13(18)11-5-4-10(14)8-12(11)15/h4-5,8-9,16H,6-7H2,1-3H3. The fraction of sp³-hybridized carbons (Fsp3) is 0.462. The zero-order valence-electron chi connectivity index (χ0n) is 10.8. The van der Waals surface area contributed by atoms with E-state index in [1.165, 1.54) is 0 Å². The number of benzene rings is 1. The summed E-state index contributed by atoms with van der Waals surface area (Å²) in [4.78, 5) is 14.2. The van der Waals surface area contributed by atoms with E-state index in [4.69, 9.17) is 23.2 Å². The number of hydrogen-bond donors (Lipinski definition) is 1. The van der Waals surface area contributed by atoms with Crippen molar-refractivity contribution in [2.45, 2.75) is 13.0 Å². The van der Waals surface area contributed by atoms with Gasteiger partial charge >= 0.3 is 0 Å². The smallest absolute Gasteiger partial charge is 0.180 e. The largest absolute Gasteiger partial charge is 0.308 e. The summed E-state index contributed by atoms with van der Waals surface area (Å²) in [5.74, 6) is -0.0181. The quantitative estimate of drug-likeness (QED) is 0.817. The average molecular weight is 289 g/mol. The van der Waals surface area contributed by atoms with Gasteiger partial charge in [0, 0.05) is 23.7 Å². The number of hydrogen-bond acceptors (Lipinski definition) is 3. The summed E-state index contributed by atoms with van der Waals surface area (Å²) >= 11 is 11.8. The summed E-state index contributed by atoms with van der Waals surface area (Å²) in [6.07, 6.45) is 0. The summed E-state index contributed by atoms with van der Waals surface area (Å²) in [5.41, 5.74) is 0.505. The van der Waals surface area contributed by atoms with Gasteiger partial charge < -0.3 is 10.2 Å². The summed E-state index contributed by atoms with van der Waals surface area (Å²) in [6.45, 7) is 3.47. The molecule has 100 valence electrons. The van der Waals surface area contributed by atoms with Crippen molar-refractivity contribution in [2.75, 3.05) is 27.2 Å². The molecule has 0 aliphatic rings. The third kappa shape index (κ3) is 4.58. The number of nitrogens with one attached hydrogen (secondary N) is 1. The van der Waals surface area contributed by atoms with E-state index in [2.05, 4.69) is 10.2 Å². The van der Waals surface area contributed by atoms with Gasteiger partial charge in [0.1, 0.15) is 0 Å². The number of carbonyl (C=O) groups is 1. The van der Waals surface area contributed by atoms with Crippen LogP contribution in [0.25, 0.3) is 0 Å². The van der Waals surface area contributed by atoms with E-state index in [1.54, 1.807) is 18.2 Å². The fourth-order valence-corrected chi connectivity index (χ4v) is 2.02. The van der Waals surface area contributed by atoms with Crippen LogP contribution in [0.15, 0.2) is 18.2 Å². The molecular weight excluding hydrogens is 271 g/mol. The van der Waals surface area contributed by atoms with Crippen LogP contribution in [-0.2, 0) is 0 Å². The predicted octanol–water partition coefficient (Wildman–Crippen LogP) is 2.72. The van der Waals surface area contributed by atoms with E-state index in [0.29, 0.717) is 15.6 Å². The molecule has 3 nitrogen and oxygen atoms in total. The van der Waals surface area contributed by atoms with Crippen LogP contribution in [0.4, 0.5) is 0 Å². The van der Waals surface area contributed by atoms with Crippen molar-refractivity contribution < 1.29 is 4.79 Å². The van der Waals surface area contributed by atoms with Crippen LogP contribution in [-0.4, -0.2) is 43.9 Å². The molecule has 0 radical (unpaired) electrons. The second-order valence-electron chi connectivity index (χ2n) is 4.47. The lowest BCUT2D eigenvalue weighted by atomic mass is 10.1. The molecule has 0 amide bonds. The Balaban J connectivity index is 2.63. The topological polar surface area (TPSA) is 32.3 Å². The van der Waals surface area contributed by atoms with Gasteiger partial charge in [0.15, 0.2) is 5.78 Å². The molecule has 0 spiro atoms. The molecule has 1 rings (SSSR count). The molecule has 0 saturated carbocycles. The average Bonchev–Trinajstić information content (AvgIpc) is 2.27. The van der Waals surface area contributed by atoms with Gasteiger partial charge in [-0.05, 0) is 39.2 Å².